The summed E-state index contributed by atoms with van der Waals surface area (Å²) >= 11 is 1.43. The number of non-ortho nitro benzene ring substituents is 1. The molecule has 1 heterocycles. The van der Waals surface area contributed by atoms with Crippen LogP contribution in [0.5, 0.6) is 0 Å². The summed E-state index contributed by atoms with van der Waals surface area (Å²) in [6.07, 6.45) is 0.383. The van der Waals surface area contributed by atoms with E-state index in [-0.39, 0.29) is 18.0 Å². The number of nitro groups is 1. The Morgan fingerprint density at radius 1 is 1.44 bits per heavy atom. The molecule has 1 aromatic heterocycles. The van der Waals surface area contributed by atoms with Crippen LogP contribution >= 0.6 is 11.8 Å². The lowest BCUT2D eigenvalue weighted by Crippen LogP contribution is -2.06. The Balaban J connectivity index is 2.42. The molecule has 0 saturated heterocycles. The zero-order valence-electron chi connectivity index (χ0n) is 14.4. The van der Waals surface area contributed by atoms with Crippen molar-refractivity contribution in [2.45, 2.75) is 56.0 Å². The van der Waals surface area contributed by atoms with E-state index in [0.717, 1.165) is 21.4 Å². The molecule has 7 nitrogen and oxygen atoms in total. The van der Waals surface area contributed by atoms with Crippen LogP contribution in [0.1, 0.15) is 44.6 Å². The lowest BCUT2D eigenvalue weighted by atomic mass is 10.1. The molecule has 0 bridgehead atoms. The SMILES string of the molecule is CCn1c(CCC(=O)O)nc(C(C)C)c1Sc1cccc([N+](=O)[O-])c1. The van der Waals surface area contributed by atoms with Gasteiger partial charge in [0, 0.05) is 30.0 Å². The number of benzene rings is 1. The van der Waals surface area contributed by atoms with Gasteiger partial charge in [-0.05, 0) is 18.9 Å². The molecule has 0 fully saturated rings. The van der Waals surface area contributed by atoms with Gasteiger partial charge in [0.2, 0.25) is 0 Å². The Morgan fingerprint density at radius 2 is 2.16 bits per heavy atom. The quantitative estimate of drug-likeness (QED) is 0.560. The summed E-state index contributed by atoms with van der Waals surface area (Å²) in [5.41, 5.74) is 0.934. The van der Waals surface area contributed by atoms with Gasteiger partial charge in [0.15, 0.2) is 0 Å². The van der Waals surface area contributed by atoms with E-state index in [1.165, 1.54) is 17.8 Å². The Kier molecular flexibility index (Phi) is 6.19. The van der Waals surface area contributed by atoms with E-state index in [1.807, 2.05) is 31.4 Å². The number of carboxylic acids is 1. The predicted octanol–water partition coefficient (Wildman–Crippen LogP) is 4.10. The molecule has 0 saturated carbocycles. The number of hydrogen-bond acceptors (Lipinski definition) is 5. The molecular weight excluding hydrogens is 342 g/mol. The second-order valence-corrected chi connectivity index (χ2v) is 6.93. The highest BCUT2D eigenvalue weighted by Crippen LogP contribution is 2.36. The van der Waals surface area contributed by atoms with Gasteiger partial charge in [-0.2, -0.15) is 0 Å². The fourth-order valence-corrected chi connectivity index (χ4v) is 3.77. The van der Waals surface area contributed by atoms with Gasteiger partial charge >= 0.3 is 5.97 Å². The second kappa shape index (κ2) is 8.15. The van der Waals surface area contributed by atoms with Crippen molar-refractivity contribution in [3.8, 4) is 0 Å². The fourth-order valence-electron chi connectivity index (χ4n) is 2.49. The number of aromatic nitrogens is 2. The van der Waals surface area contributed by atoms with E-state index in [0.29, 0.717) is 13.0 Å². The van der Waals surface area contributed by atoms with Crippen molar-refractivity contribution in [2.75, 3.05) is 0 Å². The summed E-state index contributed by atoms with van der Waals surface area (Å²) in [6, 6.07) is 6.49. The molecule has 1 aromatic carbocycles. The summed E-state index contributed by atoms with van der Waals surface area (Å²) in [4.78, 5) is 26.9. The molecule has 8 heteroatoms. The second-order valence-electron chi connectivity index (χ2n) is 5.87. The first kappa shape index (κ1) is 19.0. The van der Waals surface area contributed by atoms with Gasteiger partial charge < -0.3 is 9.67 Å². The van der Waals surface area contributed by atoms with Gasteiger partial charge in [0.1, 0.15) is 10.9 Å². The number of carboxylic acid groups (broad SMARTS) is 1. The molecule has 2 aromatic rings. The van der Waals surface area contributed by atoms with Crippen LogP contribution in [-0.2, 0) is 17.8 Å². The average Bonchev–Trinajstić information content (AvgIpc) is 2.90. The van der Waals surface area contributed by atoms with Crippen LogP contribution < -0.4 is 0 Å². The number of aliphatic carboxylic acids is 1. The van der Waals surface area contributed by atoms with E-state index in [2.05, 4.69) is 4.98 Å². The minimum Gasteiger partial charge on any atom is -0.481 e. The molecule has 0 aliphatic heterocycles. The van der Waals surface area contributed by atoms with Gasteiger partial charge in [-0.15, -0.1) is 0 Å². The Labute approximate surface area is 150 Å². The number of rotatable bonds is 8. The smallest absolute Gasteiger partial charge is 0.303 e. The van der Waals surface area contributed by atoms with E-state index >= 15 is 0 Å². The molecule has 25 heavy (non-hydrogen) atoms. The third kappa shape index (κ3) is 4.60. The molecule has 0 aliphatic carbocycles. The van der Waals surface area contributed by atoms with Crippen molar-refractivity contribution in [2.24, 2.45) is 0 Å². The number of nitro benzene ring substituents is 1. The van der Waals surface area contributed by atoms with Crippen molar-refractivity contribution in [3.05, 3.63) is 45.9 Å². The maximum atomic E-state index is 11.0. The Hall–Kier alpha value is -2.35. The molecule has 0 radical (unpaired) electrons. The third-order valence-electron chi connectivity index (χ3n) is 3.69. The first-order valence-corrected chi connectivity index (χ1v) is 8.88. The summed E-state index contributed by atoms with van der Waals surface area (Å²) in [5, 5.41) is 20.8. The van der Waals surface area contributed by atoms with Crippen molar-refractivity contribution in [1.29, 1.82) is 0 Å². The highest BCUT2D eigenvalue weighted by molar-refractivity contribution is 7.99. The van der Waals surface area contributed by atoms with Crippen LogP contribution in [0.2, 0.25) is 0 Å². The number of imidazole rings is 1. The van der Waals surface area contributed by atoms with Gasteiger partial charge in [-0.25, -0.2) is 4.98 Å². The largest absolute Gasteiger partial charge is 0.481 e. The minimum absolute atomic E-state index is 0.0233. The number of carbonyl (C=O) groups is 1. The topological polar surface area (TPSA) is 98.3 Å². The average molecular weight is 363 g/mol. The number of nitrogens with zero attached hydrogens (tertiary/aromatic N) is 3. The first-order chi connectivity index (χ1) is 11.8. The highest BCUT2D eigenvalue weighted by atomic mass is 32.2. The lowest BCUT2D eigenvalue weighted by molar-refractivity contribution is -0.385. The first-order valence-electron chi connectivity index (χ1n) is 8.06. The number of hydrogen-bond donors (Lipinski definition) is 1. The van der Waals surface area contributed by atoms with E-state index in [9.17, 15) is 14.9 Å². The fraction of sp³-hybridized carbons (Fsp3) is 0.412. The molecule has 0 atom stereocenters. The lowest BCUT2D eigenvalue weighted by Gasteiger charge is -2.11. The molecule has 0 unspecified atom stereocenters. The van der Waals surface area contributed by atoms with Crippen LogP contribution in [0, 0.1) is 10.1 Å². The molecule has 0 spiro atoms. The van der Waals surface area contributed by atoms with Crippen LogP contribution in [-0.4, -0.2) is 25.6 Å². The zero-order chi connectivity index (χ0) is 18.6. The monoisotopic (exact) mass is 363 g/mol. The van der Waals surface area contributed by atoms with Crippen molar-refractivity contribution in [1.82, 2.24) is 9.55 Å². The van der Waals surface area contributed by atoms with Crippen molar-refractivity contribution in [3.63, 3.8) is 0 Å². The zero-order valence-corrected chi connectivity index (χ0v) is 15.2. The molecule has 1 N–H and O–H groups in total. The molecule has 134 valence electrons. The predicted molar refractivity (Wildman–Crippen MR) is 95.2 cm³/mol. The van der Waals surface area contributed by atoms with Crippen molar-refractivity contribution < 1.29 is 14.8 Å². The Morgan fingerprint density at radius 3 is 2.72 bits per heavy atom. The van der Waals surface area contributed by atoms with E-state index < -0.39 is 10.9 Å². The summed E-state index contributed by atoms with van der Waals surface area (Å²) in [6.45, 7) is 6.70. The third-order valence-corrected chi connectivity index (χ3v) is 4.81. The number of aryl methyl sites for hydroxylation is 1. The Bertz CT molecular complexity index is 786. The maximum Gasteiger partial charge on any atom is 0.303 e. The van der Waals surface area contributed by atoms with E-state index in [4.69, 9.17) is 5.11 Å². The molecule has 0 amide bonds. The van der Waals surface area contributed by atoms with Crippen LogP contribution in [0.3, 0.4) is 0 Å². The van der Waals surface area contributed by atoms with Crippen LogP contribution in [0.4, 0.5) is 5.69 Å². The summed E-state index contributed by atoms with van der Waals surface area (Å²) in [5.74, 6) is 0.0451. The normalized spacial score (nSPS) is 11.0. The van der Waals surface area contributed by atoms with Gasteiger partial charge in [-0.1, -0.05) is 31.7 Å². The minimum atomic E-state index is -0.857. The molecular formula is C17H21N3O4S. The van der Waals surface area contributed by atoms with Crippen molar-refractivity contribution >= 4 is 23.4 Å². The van der Waals surface area contributed by atoms with Gasteiger partial charge in [-0.3, -0.25) is 14.9 Å². The molecule has 0 aliphatic rings. The maximum absolute atomic E-state index is 11.0. The summed E-state index contributed by atoms with van der Waals surface area (Å²) < 4.78 is 2.00. The summed E-state index contributed by atoms with van der Waals surface area (Å²) in [7, 11) is 0. The van der Waals surface area contributed by atoms with Gasteiger partial charge in [0.25, 0.3) is 5.69 Å². The molecule has 2 rings (SSSR count). The van der Waals surface area contributed by atoms with E-state index in [1.54, 1.807) is 12.1 Å². The standard InChI is InChI=1S/C17H21N3O4S/c1-4-19-14(8-9-15(21)22)18-16(11(2)3)17(19)25-13-7-5-6-12(10-13)20(23)24/h5-7,10-11H,4,8-9H2,1-3H3,(H,21,22). The van der Waals surface area contributed by atoms with Crippen LogP contribution in [0.25, 0.3) is 0 Å². The van der Waals surface area contributed by atoms with Crippen LogP contribution in [0.15, 0.2) is 34.2 Å². The van der Waals surface area contributed by atoms with Gasteiger partial charge in [0.05, 0.1) is 17.0 Å². The highest BCUT2D eigenvalue weighted by Gasteiger charge is 2.20.